The first-order valence-electron chi connectivity index (χ1n) is 5.60. The monoisotopic (exact) mass is 220 g/mol. The molecule has 1 fully saturated rings. The Kier molecular flexibility index (Phi) is 3.19. The molecule has 0 amide bonds. The number of aryl methyl sites for hydroxylation is 1. The van der Waals surface area contributed by atoms with Crippen molar-refractivity contribution in [1.82, 2.24) is 10.3 Å². The van der Waals surface area contributed by atoms with E-state index in [1.165, 1.54) is 0 Å². The fourth-order valence-electron chi connectivity index (χ4n) is 2.21. The number of pyridine rings is 1. The van der Waals surface area contributed by atoms with Crippen molar-refractivity contribution >= 4 is 5.97 Å². The van der Waals surface area contributed by atoms with Gasteiger partial charge in [-0.1, -0.05) is 6.07 Å². The second-order valence-corrected chi connectivity index (χ2v) is 4.28. The Morgan fingerprint density at radius 2 is 2.50 bits per heavy atom. The number of carbonyl (C=O) groups is 1. The van der Waals surface area contributed by atoms with Crippen LogP contribution in [0.3, 0.4) is 0 Å². The minimum atomic E-state index is -0.728. The van der Waals surface area contributed by atoms with Crippen molar-refractivity contribution in [1.29, 1.82) is 0 Å². The van der Waals surface area contributed by atoms with E-state index in [2.05, 4.69) is 10.3 Å². The van der Waals surface area contributed by atoms with Crippen LogP contribution in [-0.2, 0) is 11.2 Å². The van der Waals surface area contributed by atoms with E-state index in [1.807, 2.05) is 12.1 Å². The number of hydrogen-bond acceptors (Lipinski definition) is 3. The van der Waals surface area contributed by atoms with Gasteiger partial charge in [0, 0.05) is 12.4 Å². The molecule has 2 N–H and O–H groups in total. The molecule has 1 saturated heterocycles. The normalized spacial score (nSPS) is 24.5. The second-order valence-electron chi connectivity index (χ2n) is 4.28. The SMILES string of the molecule is O=C(O)C1(CCc2cccnc2)CCCN1. The fourth-order valence-corrected chi connectivity index (χ4v) is 2.21. The number of carboxylic acids is 1. The average molecular weight is 220 g/mol. The van der Waals surface area contributed by atoms with Crippen molar-refractivity contribution in [3.8, 4) is 0 Å². The Hall–Kier alpha value is -1.42. The first-order chi connectivity index (χ1) is 7.73. The van der Waals surface area contributed by atoms with Gasteiger partial charge in [-0.2, -0.15) is 0 Å². The third-order valence-electron chi connectivity index (χ3n) is 3.22. The molecule has 0 aromatic carbocycles. The van der Waals surface area contributed by atoms with Crippen LogP contribution >= 0.6 is 0 Å². The van der Waals surface area contributed by atoms with Gasteiger partial charge in [0.1, 0.15) is 5.54 Å². The molecule has 1 aromatic heterocycles. The van der Waals surface area contributed by atoms with E-state index in [-0.39, 0.29) is 0 Å². The van der Waals surface area contributed by atoms with E-state index < -0.39 is 11.5 Å². The van der Waals surface area contributed by atoms with Crippen LogP contribution in [0.25, 0.3) is 0 Å². The van der Waals surface area contributed by atoms with Gasteiger partial charge in [-0.25, -0.2) is 0 Å². The molecule has 4 nitrogen and oxygen atoms in total. The molecule has 0 radical (unpaired) electrons. The van der Waals surface area contributed by atoms with E-state index in [9.17, 15) is 9.90 Å². The molecular formula is C12H16N2O2. The standard InChI is InChI=1S/C12H16N2O2/c15-11(16)12(5-2-8-14-12)6-4-10-3-1-7-13-9-10/h1,3,7,9,14H,2,4-6,8H2,(H,15,16). The van der Waals surface area contributed by atoms with E-state index in [0.717, 1.165) is 31.4 Å². The van der Waals surface area contributed by atoms with Crippen LogP contribution in [0.15, 0.2) is 24.5 Å². The maximum Gasteiger partial charge on any atom is 0.323 e. The molecule has 1 unspecified atom stereocenters. The van der Waals surface area contributed by atoms with Gasteiger partial charge in [0.05, 0.1) is 0 Å². The summed E-state index contributed by atoms with van der Waals surface area (Å²) in [6.45, 7) is 0.805. The lowest BCUT2D eigenvalue weighted by Gasteiger charge is -2.24. The Morgan fingerprint density at radius 3 is 3.06 bits per heavy atom. The molecule has 0 saturated carbocycles. The third-order valence-corrected chi connectivity index (χ3v) is 3.22. The predicted molar refractivity (Wildman–Crippen MR) is 60.2 cm³/mol. The summed E-state index contributed by atoms with van der Waals surface area (Å²) in [7, 11) is 0. The molecule has 0 aliphatic carbocycles. The van der Waals surface area contributed by atoms with Crippen LogP contribution in [0.2, 0.25) is 0 Å². The van der Waals surface area contributed by atoms with Crippen molar-refractivity contribution in [2.24, 2.45) is 0 Å². The Bertz CT molecular complexity index is 359. The lowest BCUT2D eigenvalue weighted by atomic mass is 9.90. The zero-order chi connectivity index (χ0) is 11.4. The summed E-state index contributed by atoms with van der Waals surface area (Å²) in [5.41, 5.74) is 0.382. The summed E-state index contributed by atoms with van der Waals surface area (Å²) in [5, 5.41) is 12.4. The van der Waals surface area contributed by atoms with Gasteiger partial charge in [-0.3, -0.25) is 9.78 Å². The van der Waals surface area contributed by atoms with Crippen molar-refractivity contribution in [3.05, 3.63) is 30.1 Å². The summed E-state index contributed by atoms with van der Waals surface area (Å²) >= 11 is 0. The van der Waals surface area contributed by atoms with E-state index in [1.54, 1.807) is 12.4 Å². The molecule has 1 aliphatic rings. The van der Waals surface area contributed by atoms with Crippen LogP contribution in [-0.4, -0.2) is 28.1 Å². The highest BCUT2D eigenvalue weighted by Gasteiger charge is 2.40. The molecule has 16 heavy (non-hydrogen) atoms. The largest absolute Gasteiger partial charge is 0.480 e. The molecular weight excluding hydrogens is 204 g/mol. The molecule has 2 rings (SSSR count). The first-order valence-corrected chi connectivity index (χ1v) is 5.60. The molecule has 1 atom stereocenters. The van der Waals surface area contributed by atoms with Crippen LogP contribution in [0, 0.1) is 0 Å². The molecule has 86 valence electrons. The number of hydrogen-bond donors (Lipinski definition) is 2. The second kappa shape index (κ2) is 4.61. The lowest BCUT2D eigenvalue weighted by molar-refractivity contribution is -0.144. The van der Waals surface area contributed by atoms with E-state index >= 15 is 0 Å². The first kappa shape index (κ1) is 11.1. The topological polar surface area (TPSA) is 62.2 Å². The molecule has 4 heteroatoms. The maximum atomic E-state index is 11.3. The lowest BCUT2D eigenvalue weighted by Crippen LogP contribution is -2.47. The van der Waals surface area contributed by atoms with Gasteiger partial charge in [-0.05, 0) is 43.9 Å². The zero-order valence-electron chi connectivity index (χ0n) is 9.15. The maximum absolute atomic E-state index is 11.3. The van der Waals surface area contributed by atoms with Gasteiger partial charge in [0.2, 0.25) is 0 Å². The average Bonchev–Trinajstić information content (AvgIpc) is 2.78. The highest BCUT2D eigenvalue weighted by Crippen LogP contribution is 2.25. The summed E-state index contributed by atoms with van der Waals surface area (Å²) in [4.78, 5) is 15.3. The molecule has 0 spiro atoms. The Balaban J connectivity index is 2.00. The van der Waals surface area contributed by atoms with Crippen LogP contribution in [0.1, 0.15) is 24.8 Å². The van der Waals surface area contributed by atoms with Crippen molar-refractivity contribution in [2.45, 2.75) is 31.2 Å². The van der Waals surface area contributed by atoms with Crippen molar-refractivity contribution < 1.29 is 9.90 Å². The van der Waals surface area contributed by atoms with Gasteiger partial charge in [0.15, 0.2) is 0 Å². The predicted octanol–water partition coefficient (Wildman–Crippen LogP) is 1.22. The highest BCUT2D eigenvalue weighted by atomic mass is 16.4. The number of carboxylic acid groups (broad SMARTS) is 1. The highest BCUT2D eigenvalue weighted by molar-refractivity contribution is 5.79. The fraction of sp³-hybridized carbons (Fsp3) is 0.500. The number of aliphatic carboxylic acids is 1. The van der Waals surface area contributed by atoms with E-state index in [4.69, 9.17) is 0 Å². The number of aromatic nitrogens is 1. The minimum absolute atomic E-state index is 0.633. The Morgan fingerprint density at radius 1 is 1.62 bits per heavy atom. The molecule has 1 aliphatic heterocycles. The van der Waals surface area contributed by atoms with Gasteiger partial charge < -0.3 is 10.4 Å². The third kappa shape index (κ3) is 2.22. The van der Waals surface area contributed by atoms with Crippen molar-refractivity contribution in [3.63, 3.8) is 0 Å². The molecule has 2 heterocycles. The number of nitrogens with one attached hydrogen (secondary N) is 1. The summed E-state index contributed by atoms with van der Waals surface area (Å²) < 4.78 is 0. The molecule has 0 bridgehead atoms. The summed E-state index contributed by atoms with van der Waals surface area (Å²) in [6, 6.07) is 3.86. The number of nitrogens with zero attached hydrogens (tertiary/aromatic N) is 1. The van der Waals surface area contributed by atoms with Crippen LogP contribution in [0.5, 0.6) is 0 Å². The zero-order valence-corrected chi connectivity index (χ0v) is 9.15. The quantitative estimate of drug-likeness (QED) is 0.801. The van der Waals surface area contributed by atoms with Gasteiger partial charge in [-0.15, -0.1) is 0 Å². The molecule has 1 aromatic rings. The smallest absolute Gasteiger partial charge is 0.323 e. The van der Waals surface area contributed by atoms with Crippen molar-refractivity contribution in [2.75, 3.05) is 6.54 Å². The minimum Gasteiger partial charge on any atom is -0.480 e. The number of rotatable bonds is 4. The van der Waals surface area contributed by atoms with Crippen LogP contribution in [0.4, 0.5) is 0 Å². The summed E-state index contributed by atoms with van der Waals surface area (Å²) in [6.07, 6.45) is 6.58. The van der Waals surface area contributed by atoms with Gasteiger partial charge >= 0.3 is 5.97 Å². The summed E-state index contributed by atoms with van der Waals surface area (Å²) in [5.74, 6) is -0.728. The Labute approximate surface area is 94.7 Å². The van der Waals surface area contributed by atoms with Gasteiger partial charge in [0.25, 0.3) is 0 Å². The van der Waals surface area contributed by atoms with Crippen LogP contribution < -0.4 is 5.32 Å². The van der Waals surface area contributed by atoms with E-state index in [0.29, 0.717) is 6.42 Å².